The second-order valence-electron chi connectivity index (χ2n) is 8.53. The Morgan fingerprint density at radius 1 is 0.848 bits per heavy atom. The lowest BCUT2D eigenvalue weighted by Crippen LogP contribution is -2.26. The van der Waals surface area contributed by atoms with Gasteiger partial charge in [-0.05, 0) is 38.1 Å². The maximum absolute atomic E-state index is 12.7. The number of halogens is 10. The molecule has 4 aromatic rings. The zero-order valence-corrected chi connectivity index (χ0v) is 26.7. The number of alkyl halides is 6. The molecule has 0 bridgehead atoms. The Hall–Kier alpha value is -3.95. The third-order valence-corrected chi connectivity index (χ3v) is 6.23. The summed E-state index contributed by atoms with van der Waals surface area (Å²) < 4.78 is 87.2. The summed E-state index contributed by atoms with van der Waals surface area (Å²) in [5, 5.41) is 11.5. The average molecular weight is 736 g/mol. The van der Waals surface area contributed by atoms with Crippen molar-refractivity contribution in [3.05, 3.63) is 79.0 Å². The first-order valence-corrected chi connectivity index (χ1v) is 13.6. The van der Waals surface area contributed by atoms with E-state index in [2.05, 4.69) is 25.6 Å². The van der Waals surface area contributed by atoms with E-state index in [1.54, 1.807) is 19.9 Å². The number of benzene rings is 2. The van der Waals surface area contributed by atoms with Gasteiger partial charge < -0.3 is 14.8 Å². The van der Waals surface area contributed by atoms with E-state index in [0.717, 1.165) is 22.5 Å². The van der Waals surface area contributed by atoms with Crippen molar-refractivity contribution in [3.63, 3.8) is 0 Å². The molecule has 0 spiro atoms. The van der Waals surface area contributed by atoms with E-state index >= 15 is 0 Å². The summed E-state index contributed by atoms with van der Waals surface area (Å²) in [5.41, 5.74) is -0.743. The minimum atomic E-state index is -4.58. The van der Waals surface area contributed by atoms with Crippen LogP contribution >= 0.6 is 46.4 Å². The molecule has 10 nitrogen and oxygen atoms in total. The van der Waals surface area contributed by atoms with Crippen LogP contribution in [0.2, 0.25) is 20.1 Å². The molecule has 0 unspecified atom stereocenters. The molecule has 0 radical (unpaired) electrons. The third kappa shape index (κ3) is 10.6. The van der Waals surface area contributed by atoms with Gasteiger partial charge in [-0.15, -0.1) is 10.2 Å². The van der Waals surface area contributed by atoms with Gasteiger partial charge in [0.1, 0.15) is 0 Å². The molecule has 2 N–H and O–H groups in total. The lowest BCUT2D eigenvalue weighted by atomic mass is 10.2. The minimum Gasteiger partial charge on any atom is -0.434 e. The maximum Gasteiger partial charge on any atom is 0.416 e. The van der Waals surface area contributed by atoms with Gasteiger partial charge in [-0.1, -0.05) is 46.4 Å². The van der Waals surface area contributed by atoms with E-state index < -0.39 is 29.5 Å². The number of hydrogen-bond donors (Lipinski definition) is 2. The molecule has 4 rings (SSSR count). The van der Waals surface area contributed by atoms with E-state index in [1.165, 1.54) is 26.2 Å². The summed E-state index contributed by atoms with van der Waals surface area (Å²) in [6.45, 7) is 3.35. The highest BCUT2D eigenvalue weighted by Crippen LogP contribution is 2.42. The number of aromatic nitrogens is 4. The lowest BCUT2D eigenvalue weighted by molar-refractivity contribution is -0.138. The molecule has 248 valence electrons. The molecular weight excluding hydrogens is 716 g/mol. The Balaban J connectivity index is 0.000000291. The smallest absolute Gasteiger partial charge is 0.416 e. The van der Waals surface area contributed by atoms with Crippen LogP contribution in [0.25, 0.3) is 0 Å². The molecule has 0 saturated carbocycles. The predicted molar refractivity (Wildman–Crippen MR) is 157 cm³/mol. The molecule has 46 heavy (non-hydrogen) atoms. The van der Waals surface area contributed by atoms with Gasteiger partial charge in [0.2, 0.25) is 17.8 Å². The average Bonchev–Trinajstić information content (AvgIpc) is 3.55. The number of nitrogens with zero attached hydrogens (tertiary/aromatic N) is 4. The number of rotatable bonds is 4. The Labute approximate surface area is 276 Å². The summed E-state index contributed by atoms with van der Waals surface area (Å²) in [6, 6.07) is 5.38. The number of isocyanates is 1. The number of H-pyrrole nitrogens is 1. The highest BCUT2D eigenvalue weighted by molar-refractivity contribution is 6.37. The van der Waals surface area contributed by atoms with Crippen LogP contribution in [0.5, 0.6) is 23.3 Å². The second kappa shape index (κ2) is 16.1. The van der Waals surface area contributed by atoms with Crippen molar-refractivity contribution < 1.29 is 45.4 Å². The van der Waals surface area contributed by atoms with Crippen molar-refractivity contribution in [2.45, 2.75) is 26.2 Å². The normalized spacial score (nSPS) is 10.9. The highest BCUT2D eigenvalue weighted by atomic mass is 35.5. The third-order valence-electron chi connectivity index (χ3n) is 5.11. The number of nitrogens with one attached hydrogen (secondary N) is 2. The van der Waals surface area contributed by atoms with Crippen LogP contribution in [0.15, 0.2) is 41.4 Å². The molecule has 0 atom stereocenters. The van der Waals surface area contributed by atoms with Crippen LogP contribution in [0.3, 0.4) is 0 Å². The molecule has 0 aliphatic carbocycles. The predicted octanol–water partition coefficient (Wildman–Crippen LogP) is 9.28. The Bertz CT molecular complexity index is 1690. The summed E-state index contributed by atoms with van der Waals surface area (Å²) in [4.78, 5) is 23.4. The molecule has 1 amide bonds. The van der Waals surface area contributed by atoms with Gasteiger partial charge in [0.25, 0.3) is 0 Å². The van der Waals surface area contributed by atoms with Gasteiger partial charge in [-0.2, -0.15) is 31.0 Å². The van der Waals surface area contributed by atoms with E-state index in [-0.39, 0.29) is 43.3 Å². The number of ether oxygens (including phenoxy) is 2. The fourth-order valence-corrected chi connectivity index (χ4v) is 4.23. The molecule has 0 fully saturated rings. The zero-order chi connectivity index (χ0) is 35.0. The van der Waals surface area contributed by atoms with Crippen LogP contribution in [-0.2, 0) is 17.1 Å². The van der Waals surface area contributed by atoms with Crippen LogP contribution in [0, 0.1) is 13.8 Å². The lowest BCUT2D eigenvalue weighted by Gasteiger charge is -2.11. The number of aliphatic imine (C=N–C) groups is 1. The Morgan fingerprint density at radius 2 is 1.26 bits per heavy atom. The number of aryl methyl sites for hydroxylation is 2. The molecule has 0 aliphatic heterocycles. The van der Waals surface area contributed by atoms with Gasteiger partial charge in [0.15, 0.2) is 11.5 Å². The van der Waals surface area contributed by atoms with Gasteiger partial charge >= 0.3 is 18.4 Å². The van der Waals surface area contributed by atoms with Crippen molar-refractivity contribution in [1.82, 2.24) is 25.3 Å². The highest BCUT2D eigenvalue weighted by Gasteiger charge is 2.33. The van der Waals surface area contributed by atoms with Crippen LogP contribution in [0.1, 0.15) is 22.5 Å². The van der Waals surface area contributed by atoms with Gasteiger partial charge in [0, 0.05) is 31.9 Å². The first-order valence-electron chi connectivity index (χ1n) is 12.1. The summed E-state index contributed by atoms with van der Waals surface area (Å²) >= 11 is 23.1. The van der Waals surface area contributed by atoms with Gasteiger partial charge in [-0.25, -0.2) is 14.6 Å². The van der Waals surface area contributed by atoms with Crippen molar-refractivity contribution in [1.29, 1.82) is 0 Å². The Kier molecular flexibility index (Phi) is 13.3. The van der Waals surface area contributed by atoms with E-state index in [0.29, 0.717) is 17.8 Å². The SMILES string of the molecule is CN=C=O.CNC(=O)n1nc(Oc2c(Cl)cc(C(F)(F)F)cc2Cl)cc1C.Cc1cc(Oc2c(Cl)cc(C(F)(F)F)cc2Cl)n[nH]1. The first-order chi connectivity index (χ1) is 21.3. The van der Waals surface area contributed by atoms with E-state index in [1.807, 2.05) is 0 Å². The number of aromatic amines is 1. The molecule has 20 heteroatoms. The van der Waals surface area contributed by atoms with Crippen LogP contribution in [-0.4, -0.2) is 46.2 Å². The van der Waals surface area contributed by atoms with Crippen molar-refractivity contribution in [3.8, 4) is 23.3 Å². The Morgan fingerprint density at radius 3 is 1.59 bits per heavy atom. The molecular formula is C26H20Cl4F6N6O4. The number of hydrogen-bond acceptors (Lipinski definition) is 7. The molecule has 2 aromatic carbocycles. The zero-order valence-electron chi connectivity index (χ0n) is 23.7. The summed E-state index contributed by atoms with van der Waals surface area (Å²) in [6.07, 6.45) is -7.79. The largest absolute Gasteiger partial charge is 0.434 e. The summed E-state index contributed by atoms with van der Waals surface area (Å²) in [7, 11) is 2.81. The van der Waals surface area contributed by atoms with Gasteiger partial charge in [-0.3, -0.25) is 5.10 Å². The van der Waals surface area contributed by atoms with Crippen LogP contribution in [0.4, 0.5) is 31.1 Å². The minimum absolute atomic E-state index is 0.0327. The molecule has 2 aromatic heterocycles. The second-order valence-corrected chi connectivity index (χ2v) is 10.2. The van der Waals surface area contributed by atoms with Crippen molar-refractivity contribution in [2.75, 3.05) is 14.1 Å². The summed E-state index contributed by atoms with van der Waals surface area (Å²) in [5.74, 6) is -0.110. The number of carbonyl (C=O) groups excluding carboxylic acids is 2. The number of carbonyl (C=O) groups is 1. The topological polar surface area (TPSA) is 123 Å². The molecule has 0 saturated heterocycles. The monoisotopic (exact) mass is 734 g/mol. The number of amides is 1. The fourth-order valence-electron chi connectivity index (χ4n) is 3.10. The first kappa shape index (κ1) is 38.2. The van der Waals surface area contributed by atoms with Crippen molar-refractivity contribution >= 4 is 58.5 Å². The standard InChI is InChI=1S/C13H10Cl2F3N3O2.C11H7Cl2F3N2O.C2H3NO/c1-6-3-10(20-21(6)12(22)19-2)23-11-8(14)4-7(5-9(11)15)13(16,17)18;1-5-2-9(18-17-5)19-10-7(12)3-6(4-8(10)13)11(14,15)16;1-3-2-4/h3-5H,1-2H3,(H,19,22);2-4H,1H3,(H,17,18);1H3. The van der Waals surface area contributed by atoms with Crippen molar-refractivity contribution in [2.24, 2.45) is 4.99 Å². The van der Waals surface area contributed by atoms with E-state index in [9.17, 15) is 31.1 Å². The van der Waals surface area contributed by atoms with Gasteiger partial charge in [0.05, 0.1) is 36.9 Å². The fraction of sp³-hybridized carbons (Fsp3) is 0.231. The molecule has 0 aliphatic rings. The van der Waals surface area contributed by atoms with E-state index in [4.69, 9.17) is 60.7 Å². The molecule has 2 heterocycles. The van der Waals surface area contributed by atoms with Crippen LogP contribution < -0.4 is 14.8 Å². The quantitative estimate of drug-likeness (QED) is 0.122. The maximum atomic E-state index is 12.7.